The normalized spacial score (nSPS) is 16.6. The summed E-state index contributed by atoms with van der Waals surface area (Å²) in [6.45, 7) is 5.54. The Kier molecular flexibility index (Phi) is 4.41. The zero-order valence-electron chi connectivity index (χ0n) is 10.5. The molecule has 2 rings (SSSR count). The van der Waals surface area contributed by atoms with Crippen molar-refractivity contribution in [2.24, 2.45) is 5.92 Å². The van der Waals surface area contributed by atoms with Crippen LogP contribution in [0.1, 0.15) is 32.3 Å². The molecule has 0 aromatic heterocycles. The van der Waals surface area contributed by atoms with Crippen LogP contribution in [0.2, 0.25) is 0 Å². The molecular weight excluding hydrogens is 274 g/mol. The average molecular weight is 294 g/mol. The molecule has 0 spiro atoms. The molecule has 1 fully saturated rings. The Morgan fingerprint density at radius 2 is 2.12 bits per heavy atom. The van der Waals surface area contributed by atoms with Crippen molar-refractivity contribution in [2.75, 3.05) is 6.54 Å². The number of nitrogens with one attached hydrogen (secondary N) is 1. The topological polar surface area (TPSA) is 12.0 Å². The maximum absolute atomic E-state index is 3.60. The fourth-order valence-corrected chi connectivity index (χ4v) is 2.16. The molecule has 0 saturated heterocycles. The maximum atomic E-state index is 3.60. The molecule has 92 valence electrons. The van der Waals surface area contributed by atoms with Gasteiger partial charge in [0, 0.05) is 17.1 Å². The van der Waals surface area contributed by atoms with Crippen molar-refractivity contribution in [2.45, 2.75) is 32.7 Å². The lowest BCUT2D eigenvalue weighted by atomic mass is 10.0. The molecule has 0 unspecified atom stereocenters. The first-order valence-corrected chi connectivity index (χ1v) is 7.14. The van der Waals surface area contributed by atoms with Crippen molar-refractivity contribution in [3.63, 3.8) is 0 Å². The van der Waals surface area contributed by atoms with Gasteiger partial charge in [-0.2, -0.15) is 0 Å². The lowest BCUT2D eigenvalue weighted by molar-refractivity contribution is 0.662. The van der Waals surface area contributed by atoms with Gasteiger partial charge in [-0.1, -0.05) is 59.6 Å². The maximum Gasteiger partial charge on any atom is 0.0247 e. The molecule has 1 aliphatic rings. The van der Waals surface area contributed by atoms with Crippen LogP contribution in [0.25, 0.3) is 6.08 Å². The Labute approximate surface area is 112 Å². The van der Waals surface area contributed by atoms with Crippen molar-refractivity contribution >= 4 is 22.0 Å². The highest BCUT2D eigenvalue weighted by atomic mass is 79.9. The summed E-state index contributed by atoms with van der Waals surface area (Å²) in [5.74, 6) is 0.591. The molecule has 1 aromatic carbocycles. The van der Waals surface area contributed by atoms with E-state index < -0.39 is 0 Å². The van der Waals surface area contributed by atoms with Crippen LogP contribution in [0.5, 0.6) is 0 Å². The molecule has 1 nitrogen and oxygen atoms in total. The van der Waals surface area contributed by atoms with Crippen molar-refractivity contribution in [3.8, 4) is 0 Å². The summed E-state index contributed by atoms with van der Waals surface area (Å²) in [7, 11) is 0. The standard InChI is InChI=1S/C15H20BrN/c1-11(2)13(10-17-14-7-8-14)9-12-5-3-4-6-15(12)16/h3-6,9,11,14,17H,7-8,10H2,1-2H3. The van der Waals surface area contributed by atoms with E-state index >= 15 is 0 Å². The fraction of sp³-hybridized carbons (Fsp3) is 0.467. The van der Waals surface area contributed by atoms with Gasteiger partial charge in [-0.05, 0) is 30.4 Å². The molecular formula is C15H20BrN. The van der Waals surface area contributed by atoms with Crippen molar-refractivity contribution in [1.29, 1.82) is 0 Å². The summed E-state index contributed by atoms with van der Waals surface area (Å²) < 4.78 is 1.17. The summed E-state index contributed by atoms with van der Waals surface area (Å²) in [5.41, 5.74) is 2.75. The van der Waals surface area contributed by atoms with Crippen molar-refractivity contribution < 1.29 is 0 Å². The highest BCUT2D eigenvalue weighted by molar-refractivity contribution is 9.10. The highest BCUT2D eigenvalue weighted by Gasteiger charge is 2.20. The van der Waals surface area contributed by atoms with E-state index in [1.54, 1.807) is 0 Å². The van der Waals surface area contributed by atoms with Gasteiger partial charge in [0.2, 0.25) is 0 Å². The highest BCUT2D eigenvalue weighted by Crippen LogP contribution is 2.23. The third-order valence-corrected chi connectivity index (χ3v) is 3.88. The van der Waals surface area contributed by atoms with Gasteiger partial charge in [0.05, 0.1) is 0 Å². The Balaban J connectivity index is 2.10. The first-order valence-electron chi connectivity index (χ1n) is 6.35. The summed E-state index contributed by atoms with van der Waals surface area (Å²) in [6, 6.07) is 9.17. The minimum absolute atomic E-state index is 0.591. The molecule has 1 N–H and O–H groups in total. The summed E-state index contributed by atoms with van der Waals surface area (Å²) in [5, 5.41) is 3.59. The van der Waals surface area contributed by atoms with Crippen LogP contribution >= 0.6 is 15.9 Å². The zero-order valence-corrected chi connectivity index (χ0v) is 12.1. The fourth-order valence-electron chi connectivity index (χ4n) is 1.76. The van der Waals surface area contributed by atoms with Gasteiger partial charge in [0.15, 0.2) is 0 Å². The van der Waals surface area contributed by atoms with E-state index in [1.807, 2.05) is 0 Å². The van der Waals surface area contributed by atoms with Crippen LogP contribution in [0.15, 0.2) is 34.3 Å². The van der Waals surface area contributed by atoms with Crippen LogP contribution in [0, 0.1) is 5.92 Å². The van der Waals surface area contributed by atoms with Gasteiger partial charge in [0.1, 0.15) is 0 Å². The van der Waals surface area contributed by atoms with Crippen LogP contribution in [-0.2, 0) is 0 Å². The minimum atomic E-state index is 0.591. The molecule has 0 atom stereocenters. The Morgan fingerprint density at radius 3 is 2.71 bits per heavy atom. The predicted octanol–water partition coefficient (Wildman–Crippen LogP) is 4.24. The average Bonchev–Trinajstić information content (AvgIpc) is 3.10. The van der Waals surface area contributed by atoms with Gasteiger partial charge >= 0.3 is 0 Å². The van der Waals surface area contributed by atoms with E-state index in [0.717, 1.165) is 12.6 Å². The van der Waals surface area contributed by atoms with Crippen LogP contribution in [0.4, 0.5) is 0 Å². The molecule has 17 heavy (non-hydrogen) atoms. The van der Waals surface area contributed by atoms with Crippen molar-refractivity contribution in [1.82, 2.24) is 5.32 Å². The van der Waals surface area contributed by atoms with E-state index in [9.17, 15) is 0 Å². The molecule has 0 amide bonds. The first kappa shape index (κ1) is 12.8. The molecule has 1 saturated carbocycles. The lowest BCUT2D eigenvalue weighted by Crippen LogP contribution is -2.21. The Hall–Kier alpha value is -0.600. The van der Waals surface area contributed by atoms with Gasteiger partial charge in [-0.15, -0.1) is 0 Å². The van der Waals surface area contributed by atoms with Gasteiger partial charge in [0.25, 0.3) is 0 Å². The molecule has 0 heterocycles. The molecule has 1 aliphatic carbocycles. The predicted molar refractivity (Wildman–Crippen MR) is 78.0 cm³/mol. The van der Waals surface area contributed by atoms with Gasteiger partial charge in [-0.3, -0.25) is 0 Å². The summed E-state index contributed by atoms with van der Waals surface area (Å²) in [4.78, 5) is 0. The number of halogens is 1. The van der Waals surface area contributed by atoms with Crippen LogP contribution in [0.3, 0.4) is 0 Å². The largest absolute Gasteiger partial charge is 0.310 e. The second-order valence-corrected chi connectivity index (χ2v) is 5.90. The van der Waals surface area contributed by atoms with E-state index in [1.165, 1.54) is 28.5 Å². The summed E-state index contributed by atoms with van der Waals surface area (Å²) in [6.07, 6.45) is 5.00. The number of hydrogen-bond acceptors (Lipinski definition) is 1. The number of hydrogen-bond donors (Lipinski definition) is 1. The summed E-state index contributed by atoms with van der Waals surface area (Å²) >= 11 is 3.60. The SMILES string of the molecule is CC(C)C(=Cc1ccccc1Br)CNC1CC1. The monoisotopic (exact) mass is 293 g/mol. The van der Waals surface area contributed by atoms with Gasteiger partial charge < -0.3 is 5.32 Å². The van der Waals surface area contributed by atoms with Crippen LogP contribution in [-0.4, -0.2) is 12.6 Å². The quantitative estimate of drug-likeness (QED) is 0.856. The van der Waals surface area contributed by atoms with E-state index in [-0.39, 0.29) is 0 Å². The zero-order chi connectivity index (χ0) is 12.3. The lowest BCUT2D eigenvalue weighted by Gasteiger charge is -2.13. The number of rotatable bonds is 5. The van der Waals surface area contributed by atoms with Crippen LogP contribution < -0.4 is 5.32 Å². The van der Waals surface area contributed by atoms with E-state index in [2.05, 4.69) is 65.4 Å². The van der Waals surface area contributed by atoms with Gasteiger partial charge in [-0.25, -0.2) is 0 Å². The molecule has 2 heteroatoms. The number of benzene rings is 1. The minimum Gasteiger partial charge on any atom is -0.310 e. The van der Waals surface area contributed by atoms with Crippen molar-refractivity contribution in [3.05, 3.63) is 39.9 Å². The smallest absolute Gasteiger partial charge is 0.0247 e. The molecule has 0 bridgehead atoms. The molecule has 0 aliphatic heterocycles. The Morgan fingerprint density at radius 1 is 1.41 bits per heavy atom. The first-order chi connectivity index (χ1) is 8.16. The van der Waals surface area contributed by atoms with E-state index in [4.69, 9.17) is 0 Å². The third kappa shape index (κ3) is 3.97. The van der Waals surface area contributed by atoms with E-state index in [0.29, 0.717) is 5.92 Å². The Bertz CT molecular complexity index is 405. The molecule has 1 aromatic rings. The molecule has 0 radical (unpaired) electrons. The third-order valence-electron chi connectivity index (χ3n) is 3.16. The second kappa shape index (κ2) is 5.83. The second-order valence-electron chi connectivity index (χ2n) is 5.05.